The number of nitrogens with one attached hydrogen (secondary N) is 1. The van der Waals surface area contributed by atoms with Crippen molar-refractivity contribution in [1.82, 2.24) is 24.9 Å². The molecule has 7 heteroatoms. The molecular formula is C17H16FN5S. The molecule has 0 aliphatic carbocycles. The number of thiophene rings is 1. The number of nitrogens with zero attached hydrogens (tertiary/aromatic N) is 4. The molecule has 0 radical (unpaired) electrons. The van der Waals surface area contributed by atoms with Gasteiger partial charge in [0.2, 0.25) is 0 Å². The third kappa shape index (κ3) is 2.16. The lowest BCUT2D eigenvalue weighted by atomic mass is 10.1. The van der Waals surface area contributed by atoms with Crippen molar-refractivity contribution < 1.29 is 4.39 Å². The van der Waals surface area contributed by atoms with E-state index < -0.39 is 0 Å². The van der Waals surface area contributed by atoms with Gasteiger partial charge >= 0.3 is 0 Å². The van der Waals surface area contributed by atoms with E-state index in [4.69, 9.17) is 5.10 Å². The highest BCUT2D eigenvalue weighted by Gasteiger charge is 2.19. The van der Waals surface area contributed by atoms with Crippen molar-refractivity contribution >= 4 is 32.5 Å². The fourth-order valence-electron chi connectivity index (χ4n) is 3.39. The van der Waals surface area contributed by atoms with Gasteiger partial charge in [0.25, 0.3) is 0 Å². The molecule has 5 rings (SSSR count). The molecule has 1 N–H and O–H groups in total. The first-order valence-corrected chi connectivity index (χ1v) is 8.82. The van der Waals surface area contributed by atoms with Gasteiger partial charge in [-0.3, -0.25) is 9.36 Å². The highest BCUT2D eigenvalue weighted by Crippen LogP contribution is 2.35. The zero-order chi connectivity index (χ0) is 16.3. The molecule has 1 aliphatic heterocycles. The van der Waals surface area contributed by atoms with Crippen LogP contribution in [0.25, 0.3) is 31.6 Å². The normalized spacial score (nSPS) is 18.2. The van der Waals surface area contributed by atoms with Gasteiger partial charge < -0.3 is 5.32 Å². The largest absolute Gasteiger partial charge is 0.315 e. The molecule has 0 amide bonds. The summed E-state index contributed by atoms with van der Waals surface area (Å²) in [6.45, 7) is 2.03. The molecule has 5 nitrogen and oxygen atoms in total. The van der Waals surface area contributed by atoms with Gasteiger partial charge in [-0.1, -0.05) is 0 Å². The lowest BCUT2D eigenvalue weighted by Gasteiger charge is -2.07. The van der Waals surface area contributed by atoms with Gasteiger partial charge in [-0.05, 0) is 36.7 Å². The van der Waals surface area contributed by atoms with Gasteiger partial charge in [-0.2, -0.15) is 10.2 Å². The Labute approximate surface area is 141 Å². The van der Waals surface area contributed by atoms with Gasteiger partial charge in [0.1, 0.15) is 10.3 Å². The van der Waals surface area contributed by atoms with Crippen molar-refractivity contribution in [1.29, 1.82) is 0 Å². The minimum atomic E-state index is -0.281. The molecule has 1 aliphatic rings. The summed E-state index contributed by atoms with van der Waals surface area (Å²) in [7, 11) is 1.80. The van der Waals surface area contributed by atoms with Crippen molar-refractivity contribution in [2.24, 2.45) is 7.05 Å². The van der Waals surface area contributed by atoms with E-state index in [2.05, 4.69) is 27.4 Å². The number of hydrogen-bond donors (Lipinski definition) is 1. The van der Waals surface area contributed by atoms with E-state index in [9.17, 15) is 4.39 Å². The molecule has 1 fully saturated rings. The number of benzene rings is 1. The molecule has 0 spiro atoms. The number of aryl methyl sites for hydroxylation is 1. The molecule has 24 heavy (non-hydrogen) atoms. The quantitative estimate of drug-likeness (QED) is 0.608. The van der Waals surface area contributed by atoms with Crippen LogP contribution in [0.5, 0.6) is 0 Å². The van der Waals surface area contributed by atoms with Gasteiger partial charge in [0.15, 0.2) is 5.82 Å². The van der Waals surface area contributed by atoms with Crippen LogP contribution in [0.1, 0.15) is 12.5 Å². The molecule has 1 saturated heterocycles. The molecule has 1 aromatic carbocycles. The first-order valence-electron chi connectivity index (χ1n) is 8.00. The van der Waals surface area contributed by atoms with Crippen LogP contribution in [0.15, 0.2) is 30.6 Å². The maximum Gasteiger partial charge on any atom is 0.151 e. The Morgan fingerprint density at radius 1 is 1.21 bits per heavy atom. The Bertz CT molecular complexity index is 1020. The Morgan fingerprint density at radius 3 is 2.92 bits per heavy atom. The minimum absolute atomic E-state index is 0.281. The summed E-state index contributed by atoms with van der Waals surface area (Å²) >= 11 is 1.61. The van der Waals surface area contributed by atoms with Crippen LogP contribution in [0, 0.1) is 5.82 Å². The predicted molar refractivity (Wildman–Crippen MR) is 93.8 cm³/mol. The Hall–Kier alpha value is -2.25. The average Bonchev–Trinajstić information content (AvgIpc) is 3.28. The molecule has 4 aromatic rings. The summed E-state index contributed by atoms with van der Waals surface area (Å²) in [6.07, 6.45) is 5.06. The van der Waals surface area contributed by atoms with Crippen LogP contribution in [-0.2, 0) is 7.05 Å². The molecule has 3 aromatic heterocycles. The van der Waals surface area contributed by atoms with Crippen LogP contribution in [-0.4, -0.2) is 32.7 Å². The summed E-state index contributed by atoms with van der Waals surface area (Å²) in [5, 5.41) is 14.2. The zero-order valence-electron chi connectivity index (χ0n) is 13.2. The van der Waals surface area contributed by atoms with Gasteiger partial charge in [-0.25, -0.2) is 4.39 Å². The van der Waals surface area contributed by atoms with Crippen LogP contribution < -0.4 is 5.32 Å². The monoisotopic (exact) mass is 341 g/mol. The van der Waals surface area contributed by atoms with Crippen molar-refractivity contribution in [2.45, 2.75) is 12.5 Å². The first-order chi connectivity index (χ1) is 11.7. The maximum absolute atomic E-state index is 14.3. The van der Waals surface area contributed by atoms with Crippen LogP contribution in [0.4, 0.5) is 4.39 Å². The highest BCUT2D eigenvalue weighted by molar-refractivity contribution is 7.21. The summed E-state index contributed by atoms with van der Waals surface area (Å²) in [5.74, 6) is -0.281. The molecule has 4 heterocycles. The fraction of sp³-hybridized carbons (Fsp3) is 0.294. The van der Waals surface area contributed by atoms with Gasteiger partial charge in [0.05, 0.1) is 6.04 Å². The second-order valence-electron chi connectivity index (χ2n) is 6.33. The van der Waals surface area contributed by atoms with E-state index in [-0.39, 0.29) is 5.82 Å². The van der Waals surface area contributed by atoms with Crippen molar-refractivity contribution in [2.75, 3.05) is 13.1 Å². The molecule has 0 saturated carbocycles. The van der Waals surface area contributed by atoms with E-state index in [1.165, 1.54) is 0 Å². The Balaban J connectivity index is 1.57. The van der Waals surface area contributed by atoms with Gasteiger partial charge in [-0.15, -0.1) is 11.3 Å². The average molecular weight is 341 g/mol. The smallest absolute Gasteiger partial charge is 0.151 e. The number of halogens is 1. The summed E-state index contributed by atoms with van der Waals surface area (Å²) in [5.41, 5.74) is 1.30. The van der Waals surface area contributed by atoms with Crippen molar-refractivity contribution in [3.63, 3.8) is 0 Å². The SMILES string of the molecule is Cn1cc2cc(-c3cc4cn([C@@H]5CCNC5)nc4s3)cc(F)c2n1. The highest BCUT2D eigenvalue weighted by atomic mass is 32.1. The van der Waals surface area contributed by atoms with Crippen LogP contribution in [0.3, 0.4) is 0 Å². The number of fused-ring (bicyclic) bond motifs is 2. The van der Waals surface area contributed by atoms with Crippen molar-refractivity contribution in [3.8, 4) is 10.4 Å². The van der Waals surface area contributed by atoms with Gasteiger partial charge in [0, 0.05) is 41.6 Å². The number of rotatable bonds is 2. The first kappa shape index (κ1) is 14.1. The minimum Gasteiger partial charge on any atom is -0.315 e. The molecular weight excluding hydrogens is 325 g/mol. The summed E-state index contributed by atoms with van der Waals surface area (Å²) in [6, 6.07) is 6.10. The Morgan fingerprint density at radius 2 is 2.12 bits per heavy atom. The third-order valence-electron chi connectivity index (χ3n) is 4.59. The van der Waals surface area contributed by atoms with Crippen LogP contribution in [0.2, 0.25) is 0 Å². The van der Waals surface area contributed by atoms with E-state index in [1.807, 2.05) is 12.3 Å². The van der Waals surface area contributed by atoms with E-state index in [0.29, 0.717) is 11.6 Å². The van der Waals surface area contributed by atoms with E-state index >= 15 is 0 Å². The molecule has 0 bridgehead atoms. The maximum atomic E-state index is 14.3. The molecule has 1 atom stereocenters. The number of hydrogen-bond acceptors (Lipinski definition) is 4. The topological polar surface area (TPSA) is 47.7 Å². The molecule has 0 unspecified atom stereocenters. The van der Waals surface area contributed by atoms with Crippen molar-refractivity contribution in [3.05, 3.63) is 36.4 Å². The third-order valence-corrected chi connectivity index (χ3v) is 5.67. The zero-order valence-corrected chi connectivity index (χ0v) is 14.0. The second kappa shape index (κ2) is 5.12. The summed E-state index contributed by atoms with van der Waals surface area (Å²) < 4.78 is 18.0. The second-order valence-corrected chi connectivity index (χ2v) is 7.36. The predicted octanol–water partition coefficient (Wildman–Crippen LogP) is 3.33. The molecule has 122 valence electrons. The number of aromatic nitrogens is 4. The van der Waals surface area contributed by atoms with Crippen LogP contribution >= 0.6 is 11.3 Å². The summed E-state index contributed by atoms with van der Waals surface area (Å²) in [4.78, 5) is 2.04. The van der Waals surface area contributed by atoms with E-state index in [0.717, 1.165) is 45.6 Å². The lowest BCUT2D eigenvalue weighted by Crippen LogP contribution is -2.13. The fourth-order valence-corrected chi connectivity index (χ4v) is 4.39. The lowest BCUT2D eigenvalue weighted by molar-refractivity contribution is 0.495. The Kier molecular flexibility index (Phi) is 3.01. The standard InChI is InChI=1S/C17H16FN5S/c1-22-8-11-4-10(5-14(18)16(11)20-22)15-6-12-9-23(21-17(12)24-15)13-2-3-19-7-13/h4-6,8-9,13,19H,2-3,7H2,1H3/t13-/m1/s1. The van der Waals surface area contributed by atoms with E-state index in [1.54, 1.807) is 29.1 Å².